The molecule has 0 saturated heterocycles. The Morgan fingerprint density at radius 3 is 0.862 bits per heavy atom. The number of unbranched alkanes of at least 4 members (excludes halogenated alkanes) is 45. The topological polar surface area (TPSA) is 46.5 Å². The van der Waals surface area contributed by atoms with Crippen LogP contribution in [0.5, 0.6) is 0 Å². The zero-order valence-electron chi connectivity index (χ0n) is 40.0. The van der Waals surface area contributed by atoms with Crippen LogP contribution in [0.25, 0.3) is 0 Å². The fourth-order valence-corrected chi connectivity index (χ4v) is 8.65. The molecule has 3 heteroatoms. The molecule has 0 aromatic rings. The molecule has 0 heterocycles. The highest BCUT2D eigenvalue weighted by Crippen LogP contribution is 2.18. The highest BCUT2D eigenvalue weighted by Gasteiger charge is 2.03. The molecule has 0 unspecified atom stereocenters. The van der Waals surface area contributed by atoms with Crippen molar-refractivity contribution in [3.63, 3.8) is 0 Å². The Labute approximate surface area is 366 Å². The normalized spacial score (nSPS) is 11.7. The van der Waals surface area contributed by atoms with Crippen molar-refractivity contribution in [3.8, 4) is 0 Å². The zero-order valence-corrected chi connectivity index (χ0v) is 40.0. The minimum atomic E-state index is 0.0263. The predicted octanol–water partition coefficient (Wildman–Crippen LogP) is 19.2. The summed E-state index contributed by atoms with van der Waals surface area (Å²) in [6, 6.07) is 0. The second kappa shape index (κ2) is 54.2. The van der Waals surface area contributed by atoms with E-state index < -0.39 is 0 Å². The smallest absolute Gasteiger partial charge is 0.305 e. The van der Waals surface area contributed by atoms with Crippen molar-refractivity contribution in [2.75, 3.05) is 13.2 Å². The summed E-state index contributed by atoms with van der Waals surface area (Å²) in [6.07, 6.45) is 71.0. The zero-order chi connectivity index (χ0) is 41.8. The van der Waals surface area contributed by atoms with E-state index in [9.17, 15) is 4.79 Å². The SMILES string of the molecule is CCCCCCCCC=CCCCCCCCCCCCC(=O)OCCCCCCCCCCCCCCCCCCCCCCCCCCCCCCCCCO. The third-order valence-electron chi connectivity index (χ3n) is 12.7. The molecule has 0 aliphatic heterocycles. The highest BCUT2D eigenvalue weighted by atomic mass is 16.5. The molecule has 0 rings (SSSR count). The van der Waals surface area contributed by atoms with Crippen LogP contribution in [-0.4, -0.2) is 24.3 Å². The van der Waals surface area contributed by atoms with Crippen molar-refractivity contribution in [1.82, 2.24) is 0 Å². The fourth-order valence-electron chi connectivity index (χ4n) is 8.65. The molecule has 0 atom stereocenters. The van der Waals surface area contributed by atoms with E-state index in [4.69, 9.17) is 9.84 Å². The van der Waals surface area contributed by atoms with E-state index >= 15 is 0 Å². The molecule has 0 aromatic heterocycles. The Hall–Kier alpha value is -0.830. The average molecular weight is 817 g/mol. The molecule has 0 radical (unpaired) electrons. The maximum Gasteiger partial charge on any atom is 0.305 e. The van der Waals surface area contributed by atoms with Crippen molar-refractivity contribution in [1.29, 1.82) is 0 Å². The van der Waals surface area contributed by atoms with E-state index in [-0.39, 0.29) is 5.97 Å². The third-order valence-corrected chi connectivity index (χ3v) is 12.7. The molecule has 0 spiro atoms. The van der Waals surface area contributed by atoms with Gasteiger partial charge in [0.05, 0.1) is 6.61 Å². The van der Waals surface area contributed by atoms with E-state index in [0.29, 0.717) is 19.6 Å². The van der Waals surface area contributed by atoms with Crippen LogP contribution >= 0.6 is 0 Å². The largest absolute Gasteiger partial charge is 0.466 e. The molecule has 1 N–H and O–H groups in total. The van der Waals surface area contributed by atoms with E-state index in [0.717, 1.165) is 19.3 Å². The summed E-state index contributed by atoms with van der Waals surface area (Å²) in [4.78, 5) is 12.1. The number of esters is 1. The van der Waals surface area contributed by atoms with Gasteiger partial charge in [0.25, 0.3) is 0 Å². The summed E-state index contributed by atoms with van der Waals surface area (Å²) in [5, 5.41) is 8.82. The van der Waals surface area contributed by atoms with Crippen LogP contribution in [0.3, 0.4) is 0 Å². The summed E-state index contributed by atoms with van der Waals surface area (Å²) in [5.74, 6) is 0.0263. The Morgan fingerprint density at radius 1 is 0.328 bits per heavy atom. The fraction of sp³-hybridized carbons (Fsp3) is 0.945. The third kappa shape index (κ3) is 53.2. The van der Waals surface area contributed by atoms with Crippen molar-refractivity contribution < 1.29 is 14.6 Å². The number of carbonyl (C=O) groups excluding carboxylic acids is 1. The van der Waals surface area contributed by atoms with Gasteiger partial charge in [-0.1, -0.05) is 282 Å². The number of aliphatic hydroxyl groups excluding tert-OH is 1. The second-order valence-electron chi connectivity index (χ2n) is 18.7. The molecule has 0 aromatic carbocycles. The first-order valence-corrected chi connectivity index (χ1v) is 27.2. The van der Waals surface area contributed by atoms with Crippen LogP contribution in [0, 0.1) is 0 Å². The summed E-state index contributed by atoms with van der Waals surface area (Å²) in [7, 11) is 0. The monoisotopic (exact) mass is 817 g/mol. The molecule has 58 heavy (non-hydrogen) atoms. The molecule has 0 amide bonds. The van der Waals surface area contributed by atoms with E-state index in [1.165, 1.54) is 289 Å². The van der Waals surface area contributed by atoms with Gasteiger partial charge in [-0.3, -0.25) is 4.79 Å². The Morgan fingerprint density at radius 2 is 0.569 bits per heavy atom. The maximum atomic E-state index is 12.1. The number of ether oxygens (including phenoxy) is 1. The van der Waals surface area contributed by atoms with Crippen LogP contribution < -0.4 is 0 Å². The molecule has 0 bridgehead atoms. The van der Waals surface area contributed by atoms with Crippen molar-refractivity contribution in [2.45, 2.75) is 322 Å². The number of carbonyl (C=O) groups is 1. The minimum Gasteiger partial charge on any atom is -0.466 e. The number of aliphatic hydroxyl groups is 1. The molecular formula is C55H108O3. The first-order valence-electron chi connectivity index (χ1n) is 27.2. The lowest BCUT2D eigenvalue weighted by Gasteiger charge is -2.06. The maximum absolute atomic E-state index is 12.1. The number of allylic oxidation sites excluding steroid dienone is 2. The molecule has 346 valence electrons. The van der Waals surface area contributed by atoms with E-state index in [2.05, 4.69) is 19.1 Å². The van der Waals surface area contributed by atoms with Crippen molar-refractivity contribution >= 4 is 5.97 Å². The van der Waals surface area contributed by atoms with Crippen LogP contribution in [0.1, 0.15) is 322 Å². The van der Waals surface area contributed by atoms with Gasteiger partial charge in [0, 0.05) is 13.0 Å². The van der Waals surface area contributed by atoms with Gasteiger partial charge in [-0.25, -0.2) is 0 Å². The summed E-state index contributed by atoms with van der Waals surface area (Å²) < 4.78 is 5.50. The van der Waals surface area contributed by atoms with Gasteiger partial charge in [-0.2, -0.15) is 0 Å². The Bertz CT molecular complexity index is 762. The predicted molar refractivity (Wildman–Crippen MR) is 259 cm³/mol. The number of rotatable bonds is 52. The Balaban J connectivity index is 3.15. The summed E-state index contributed by atoms with van der Waals surface area (Å²) in [5.41, 5.74) is 0. The van der Waals surface area contributed by atoms with Crippen LogP contribution in [-0.2, 0) is 9.53 Å². The van der Waals surface area contributed by atoms with Gasteiger partial charge in [0.15, 0.2) is 0 Å². The van der Waals surface area contributed by atoms with Crippen molar-refractivity contribution in [2.24, 2.45) is 0 Å². The van der Waals surface area contributed by atoms with Crippen LogP contribution in [0.2, 0.25) is 0 Å². The quantitative estimate of drug-likeness (QED) is 0.0378. The van der Waals surface area contributed by atoms with E-state index in [1.807, 2.05) is 0 Å². The standard InChI is InChI=1S/C55H108O3/c1-2-3-4-5-6-7-8-9-10-11-25-28-31-34-37-40-43-46-49-52-55(57)58-54-51-48-45-42-39-36-33-30-27-24-22-20-18-16-14-12-13-15-17-19-21-23-26-29-32-35-38-41-44-47-50-53-56/h9-10,56H,2-8,11-54H2,1H3. The van der Waals surface area contributed by atoms with Gasteiger partial charge >= 0.3 is 5.97 Å². The number of hydrogen-bond donors (Lipinski definition) is 1. The van der Waals surface area contributed by atoms with E-state index in [1.54, 1.807) is 0 Å². The first-order chi connectivity index (χ1) is 28.8. The molecule has 0 aliphatic carbocycles. The minimum absolute atomic E-state index is 0.0263. The first kappa shape index (κ1) is 57.2. The molecule has 0 saturated carbocycles. The summed E-state index contributed by atoms with van der Waals surface area (Å²) >= 11 is 0. The lowest BCUT2D eigenvalue weighted by molar-refractivity contribution is -0.143. The molecular weight excluding hydrogens is 709 g/mol. The van der Waals surface area contributed by atoms with Gasteiger partial charge < -0.3 is 9.84 Å². The van der Waals surface area contributed by atoms with Gasteiger partial charge in [-0.15, -0.1) is 0 Å². The van der Waals surface area contributed by atoms with Gasteiger partial charge in [0.2, 0.25) is 0 Å². The second-order valence-corrected chi connectivity index (χ2v) is 18.7. The average Bonchev–Trinajstić information content (AvgIpc) is 3.23. The highest BCUT2D eigenvalue weighted by molar-refractivity contribution is 5.69. The lowest BCUT2D eigenvalue weighted by atomic mass is 10.0. The Kier molecular flexibility index (Phi) is 53.4. The van der Waals surface area contributed by atoms with Gasteiger partial charge in [-0.05, 0) is 44.9 Å². The molecule has 0 aliphatic rings. The lowest BCUT2D eigenvalue weighted by Crippen LogP contribution is -2.05. The van der Waals surface area contributed by atoms with Crippen LogP contribution in [0.15, 0.2) is 12.2 Å². The molecule has 3 nitrogen and oxygen atoms in total. The van der Waals surface area contributed by atoms with Gasteiger partial charge in [0.1, 0.15) is 0 Å². The molecule has 0 fully saturated rings. The van der Waals surface area contributed by atoms with Crippen molar-refractivity contribution in [3.05, 3.63) is 12.2 Å². The number of hydrogen-bond acceptors (Lipinski definition) is 3. The summed E-state index contributed by atoms with van der Waals surface area (Å²) in [6.45, 7) is 3.28. The van der Waals surface area contributed by atoms with Crippen LogP contribution in [0.4, 0.5) is 0 Å².